The first kappa shape index (κ1) is 32.3. The summed E-state index contributed by atoms with van der Waals surface area (Å²) in [7, 11) is 0.160. The molecule has 238 valence electrons. The summed E-state index contributed by atoms with van der Waals surface area (Å²) in [6.07, 6.45) is 5.44. The van der Waals surface area contributed by atoms with Gasteiger partial charge in [0.15, 0.2) is 9.84 Å². The molecular weight excluding hydrogens is 558 g/mol. The van der Waals surface area contributed by atoms with Crippen molar-refractivity contribution in [3.05, 3.63) is 53.6 Å². The van der Waals surface area contributed by atoms with E-state index in [4.69, 9.17) is 4.74 Å². The minimum atomic E-state index is -3.76. The van der Waals surface area contributed by atoms with Gasteiger partial charge in [-0.05, 0) is 67.1 Å². The number of hydrogen-bond acceptors (Lipinski definition) is 6. The highest BCUT2D eigenvalue weighted by Gasteiger charge is 2.57. The number of sulfone groups is 1. The Balaban J connectivity index is 1.36. The number of hydrogen-bond donors (Lipinski definition) is 1. The first-order valence-corrected chi connectivity index (χ1v) is 18.2. The van der Waals surface area contributed by atoms with E-state index >= 15 is 0 Å². The minimum Gasteiger partial charge on any atom is -0.494 e. The van der Waals surface area contributed by atoms with Crippen LogP contribution in [0.1, 0.15) is 82.3 Å². The Morgan fingerprint density at radius 2 is 1.56 bits per heavy atom. The van der Waals surface area contributed by atoms with E-state index in [0.29, 0.717) is 29.9 Å². The number of fused-ring (bicyclic) bond motifs is 4. The van der Waals surface area contributed by atoms with Gasteiger partial charge in [0.05, 0.1) is 43.8 Å². The van der Waals surface area contributed by atoms with Gasteiger partial charge in [-0.3, -0.25) is 4.90 Å². The van der Waals surface area contributed by atoms with Crippen molar-refractivity contribution in [3.63, 3.8) is 0 Å². The van der Waals surface area contributed by atoms with Crippen LogP contribution in [0.15, 0.2) is 47.4 Å². The monoisotopic (exact) mass is 612 g/mol. The van der Waals surface area contributed by atoms with Crippen LogP contribution in [0.4, 0.5) is 5.69 Å². The van der Waals surface area contributed by atoms with Crippen molar-refractivity contribution in [1.82, 2.24) is 4.90 Å². The summed E-state index contributed by atoms with van der Waals surface area (Å²) in [6, 6.07) is 13.7. The molecule has 8 heteroatoms. The molecule has 43 heavy (non-hydrogen) atoms. The predicted octanol–water partition coefficient (Wildman–Crippen LogP) is 5.46. The van der Waals surface area contributed by atoms with Crippen molar-refractivity contribution < 1.29 is 22.7 Å². The number of aliphatic hydroxyl groups excluding tert-OH is 1. The predicted molar refractivity (Wildman–Crippen MR) is 175 cm³/mol. The molecule has 2 aromatic rings. The summed E-state index contributed by atoms with van der Waals surface area (Å²) in [5, 5.41) is 12.2. The molecular formula is C35H54N3O4S+. The maximum absolute atomic E-state index is 14.4. The molecule has 3 fully saturated rings. The molecule has 3 saturated heterocycles. The van der Waals surface area contributed by atoms with Gasteiger partial charge in [-0.25, -0.2) is 8.42 Å². The quantitative estimate of drug-likeness (QED) is 0.226. The summed E-state index contributed by atoms with van der Waals surface area (Å²) in [5.41, 5.74) is 2.56. The van der Waals surface area contributed by atoms with Crippen LogP contribution in [0.25, 0.3) is 0 Å². The van der Waals surface area contributed by atoms with Gasteiger partial charge in [-0.1, -0.05) is 51.7 Å². The zero-order valence-corrected chi connectivity index (χ0v) is 27.7. The standard InChI is InChI=1S/C35H54N3O4S/c1-5-7-17-35(18-8-6-2)34(39)33(31-27-29(36(3)4)13-16-32(31)43(35,40)41)28-11-14-30(15-12-28)42-26-10-9-22-38-23-19-37(20-24-38)21-25-38/h11-16,27,33-34,39H,5-10,17-26H2,1-4H3/q+1/t33-,34-/m1/s1. The lowest BCUT2D eigenvalue weighted by molar-refractivity contribution is -0.941. The highest BCUT2D eigenvalue weighted by Crippen LogP contribution is 2.52. The Labute approximate surface area is 260 Å². The van der Waals surface area contributed by atoms with Gasteiger partial charge in [0, 0.05) is 45.3 Å². The number of benzene rings is 2. The summed E-state index contributed by atoms with van der Waals surface area (Å²) < 4.78 is 35.0. The third kappa shape index (κ3) is 6.35. The molecule has 1 N–H and O–H groups in total. The van der Waals surface area contributed by atoms with Crippen molar-refractivity contribution in [2.24, 2.45) is 0 Å². The van der Waals surface area contributed by atoms with Gasteiger partial charge in [-0.15, -0.1) is 0 Å². The molecule has 0 saturated carbocycles. The molecule has 2 aromatic carbocycles. The van der Waals surface area contributed by atoms with Crippen LogP contribution < -0.4 is 9.64 Å². The second kappa shape index (κ2) is 13.5. The van der Waals surface area contributed by atoms with Crippen LogP contribution in [0.3, 0.4) is 0 Å². The maximum Gasteiger partial charge on any atom is 0.186 e. The van der Waals surface area contributed by atoms with E-state index < -0.39 is 26.6 Å². The van der Waals surface area contributed by atoms with Gasteiger partial charge in [-0.2, -0.15) is 0 Å². The molecule has 4 aliphatic rings. The fourth-order valence-corrected chi connectivity index (χ4v) is 10.2. The van der Waals surface area contributed by atoms with Gasteiger partial charge in [0.1, 0.15) is 10.5 Å². The first-order valence-electron chi connectivity index (χ1n) is 16.7. The second-order valence-electron chi connectivity index (χ2n) is 13.5. The Morgan fingerprint density at radius 3 is 2.14 bits per heavy atom. The molecule has 2 bridgehead atoms. The molecule has 0 spiro atoms. The van der Waals surface area contributed by atoms with Gasteiger partial charge in [0.25, 0.3) is 0 Å². The number of aliphatic hydroxyl groups is 1. The normalized spacial score (nSPS) is 27.0. The molecule has 7 nitrogen and oxygen atoms in total. The summed E-state index contributed by atoms with van der Waals surface area (Å²) in [6.45, 7) is 13.8. The van der Waals surface area contributed by atoms with Crippen molar-refractivity contribution in [3.8, 4) is 5.75 Å². The zero-order valence-electron chi connectivity index (χ0n) is 26.9. The largest absolute Gasteiger partial charge is 0.494 e. The van der Waals surface area contributed by atoms with Crippen LogP contribution in [0.2, 0.25) is 0 Å². The lowest BCUT2D eigenvalue weighted by Crippen LogP contribution is -2.67. The van der Waals surface area contributed by atoms with Gasteiger partial charge in [0.2, 0.25) is 0 Å². The molecule has 6 rings (SSSR count). The fourth-order valence-electron chi connectivity index (χ4n) is 7.73. The fraction of sp³-hybridized carbons (Fsp3) is 0.657. The number of rotatable bonds is 14. The average molecular weight is 613 g/mol. The third-order valence-electron chi connectivity index (χ3n) is 10.6. The van der Waals surface area contributed by atoms with E-state index in [0.717, 1.165) is 49.1 Å². The number of piperazine rings is 3. The Bertz CT molecular complexity index is 1300. The van der Waals surface area contributed by atoms with Gasteiger partial charge >= 0.3 is 0 Å². The van der Waals surface area contributed by atoms with E-state index in [9.17, 15) is 13.5 Å². The molecule has 0 unspecified atom stereocenters. The Hall–Kier alpha value is -2.13. The number of unbranched alkanes of at least 4 members (excludes halogenated alkanes) is 3. The van der Waals surface area contributed by atoms with Crippen LogP contribution in [-0.4, -0.2) is 100 Å². The highest BCUT2D eigenvalue weighted by atomic mass is 32.2. The molecule has 0 aromatic heterocycles. The van der Waals surface area contributed by atoms with Crippen molar-refractivity contribution in [2.45, 2.75) is 86.9 Å². The molecule has 0 aliphatic carbocycles. The average Bonchev–Trinajstić information content (AvgIpc) is 3.02. The summed E-state index contributed by atoms with van der Waals surface area (Å²) >= 11 is 0. The first-order chi connectivity index (χ1) is 20.7. The van der Waals surface area contributed by atoms with E-state index in [-0.39, 0.29) is 0 Å². The SMILES string of the molecule is CCCCC1(CCCC)[C@H](O)[C@H](c2ccc(OCCCC[N+]34CCN(CC3)CC4)cc2)c2cc(N(C)C)ccc2S1(=O)=O. The number of nitrogens with zero attached hydrogens (tertiary/aromatic N) is 3. The lowest BCUT2D eigenvalue weighted by atomic mass is 9.76. The number of quaternary nitrogens is 1. The number of ether oxygens (including phenoxy) is 1. The molecule has 4 heterocycles. The topological polar surface area (TPSA) is 70.1 Å². The smallest absolute Gasteiger partial charge is 0.186 e. The molecule has 2 atom stereocenters. The van der Waals surface area contributed by atoms with E-state index in [1.807, 2.05) is 55.4 Å². The van der Waals surface area contributed by atoms with E-state index in [1.54, 1.807) is 6.07 Å². The summed E-state index contributed by atoms with van der Waals surface area (Å²) in [5.74, 6) is 0.394. The van der Waals surface area contributed by atoms with E-state index in [1.165, 1.54) is 56.7 Å². The van der Waals surface area contributed by atoms with Crippen molar-refractivity contribution in [1.29, 1.82) is 0 Å². The van der Waals surface area contributed by atoms with Crippen molar-refractivity contribution in [2.75, 3.05) is 71.4 Å². The molecule has 0 amide bonds. The molecule has 4 aliphatic heterocycles. The van der Waals surface area contributed by atoms with Crippen LogP contribution in [0.5, 0.6) is 5.75 Å². The number of anilines is 1. The van der Waals surface area contributed by atoms with Crippen molar-refractivity contribution >= 4 is 15.5 Å². The highest BCUT2D eigenvalue weighted by molar-refractivity contribution is 7.93. The second-order valence-corrected chi connectivity index (χ2v) is 15.8. The minimum absolute atomic E-state index is 0.377. The maximum atomic E-state index is 14.4. The Kier molecular flexibility index (Phi) is 10.1. The van der Waals surface area contributed by atoms with Crippen LogP contribution >= 0.6 is 0 Å². The van der Waals surface area contributed by atoms with E-state index in [2.05, 4.69) is 18.7 Å². The lowest BCUT2D eigenvalue weighted by Gasteiger charge is -2.50. The third-order valence-corrected chi connectivity index (χ3v) is 13.3. The van der Waals surface area contributed by atoms with Crippen LogP contribution in [0, 0.1) is 0 Å². The van der Waals surface area contributed by atoms with Gasteiger partial charge < -0.3 is 19.2 Å². The van der Waals surface area contributed by atoms with Crippen LogP contribution in [-0.2, 0) is 9.84 Å². The molecule has 0 radical (unpaired) electrons. The Morgan fingerprint density at radius 1 is 0.930 bits per heavy atom. The summed E-state index contributed by atoms with van der Waals surface area (Å²) in [4.78, 5) is 4.95. The zero-order chi connectivity index (χ0) is 30.7.